The van der Waals surface area contributed by atoms with E-state index in [0.29, 0.717) is 0 Å². The van der Waals surface area contributed by atoms with Crippen LogP contribution in [0.5, 0.6) is 0 Å². The van der Waals surface area contributed by atoms with Crippen LogP contribution in [0.3, 0.4) is 0 Å². The number of allylic oxidation sites excluding steroid dienone is 4. The van der Waals surface area contributed by atoms with Crippen LogP contribution in [0.15, 0.2) is 23.6 Å². The molecule has 1 unspecified atom stereocenters. The van der Waals surface area contributed by atoms with Gasteiger partial charge in [0.15, 0.2) is 0 Å². The molecule has 0 amide bonds. The van der Waals surface area contributed by atoms with E-state index >= 15 is 0 Å². The van der Waals surface area contributed by atoms with Crippen LogP contribution in [0, 0.1) is 16.2 Å². The first kappa shape index (κ1) is 13.5. The van der Waals surface area contributed by atoms with E-state index in [4.69, 9.17) is 0 Å². The van der Waals surface area contributed by atoms with Gasteiger partial charge in [-0.2, -0.15) is 0 Å². The first-order valence-corrected chi connectivity index (χ1v) is 6.07. The largest absolute Gasteiger partial charge is 0.211 e. The molecule has 0 radical (unpaired) electrons. The number of hydrogen-bond donors (Lipinski definition) is 0. The van der Waals surface area contributed by atoms with E-state index in [0.717, 1.165) is 12.0 Å². The Morgan fingerprint density at radius 3 is 1.94 bits per heavy atom. The summed E-state index contributed by atoms with van der Waals surface area (Å²) in [6, 6.07) is 0. The lowest BCUT2D eigenvalue weighted by atomic mass is 9.62. The van der Waals surface area contributed by atoms with Crippen molar-refractivity contribution in [3.05, 3.63) is 23.6 Å². The molecular weight excluding hydrogens is 199 g/mol. The molecule has 1 aliphatic rings. The maximum absolute atomic E-state index is 14.3. The topological polar surface area (TPSA) is 0 Å². The molecule has 1 rings (SSSR count). The lowest BCUT2D eigenvalue weighted by molar-refractivity contribution is 0.121. The summed E-state index contributed by atoms with van der Waals surface area (Å²) in [5.41, 5.74) is 0.748. The predicted octanol–water partition coefficient (Wildman–Crippen LogP) is 5.27. The number of rotatable bonds is 0. The third-order valence-electron chi connectivity index (χ3n) is 4.06. The van der Waals surface area contributed by atoms with Crippen molar-refractivity contribution in [2.24, 2.45) is 16.2 Å². The number of hydrogen-bond acceptors (Lipinski definition) is 0. The van der Waals surface area contributed by atoms with Crippen LogP contribution >= 0.6 is 0 Å². The first-order valence-electron chi connectivity index (χ1n) is 6.07. The summed E-state index contributed by atoms with van der Waals surface area (Å²) in [6.07, 6.45) is 4.74. The molecule has 1 heteroatoms. The summed E-state index contributed by atoms with van der Waals surface area (Å²) in [5.74, 6) is 0.0347. The van der Waals surface area contributed by atoms with E-state index in [-0.39, 0.29) is 22.1 Å². The van der Waals surface area contributed by atoms with E-state index in [1.165, 1.54) is 0 Å². The Bertz CT molecular complexity index is 333. The third kappa shape index (κ3) is 2.23. The van der Waals surface area contributed by atoms with Crippen molar-refractivity contribution in [2.75, 3.05) is 0 Å². The minimum Gasteiger partial charge on any atom is -0.211 e. The quantitative estimate of drug-likeness (QED) is 0.526. The van der Waals surface area contributed by atoms with Gasteiger partial charge in [-0.3, -0.25) is 0 Å². The summed E-state index contributed by atoms with van der Waals surface area (Å²) >= 11 is 0. The van der Waals surface area contributed by atoms with Gasteiger partial charge in [0.05, 0.1) is 0 Å². The van der Waals surface area contributed by atoms with Gasteiger partial charge in [0, 0.05) is 5.41 Å². The van der Waals surface area contributed by atoms with Crippen LogP contribution in [-0.4, -0.2) is 0 Å². The Hall–Kier alpha value is -0.590. The highest BCUT2D eigenvalue weighted by atomic mass is 19.1. The van der Waals surface area contributed by atoms with E-state index in [2.05, 4.69) is 47.6 Å². The smallest absolute Gasteiger partial charge is 0.107 e. The Kier molecular flexibility index (Phi) is 3.13. The van der Waals surface area contributed by atoms with Crippen molar-refractivity contribution in [1.82, 2.24) is 0 Å². The summed E-state index contributed by atoms with van der Waals surface area (Å²) in [7, 11) is 0. The average Bonchev–Trinajstić information content (AvgIpc) is 2.05. The van der Waals surface area contributed by atoms with Gasteiger partial charge >= 0.3 is 0 Å². The van der Waals surface area contributed by atoms with E-state index in [1.54, 1.807) is 6.08 Å². The van der Waals surface area contributed by atoms with Crippen molar-refractivity contribution in [1.29, 1.82) is 0 Å². The molecule has 0 aliphatic heterocycles. The molecule has 0 saturated heterocycles. The molecule has 0 aromatic heterocycles. The monoisotopic (exact) mass is 224 g/mol. The van der Waals surface area contributed by atoms with Gasteiger partial charge < -0.3 is 0 Å². The molecule has 0 saturated carbocycles. The zero-order valence-electron chi connectivity index (χ0n) is 11.7. The molecule has 0 aromatic carbocycles. The van der Waals surface area contributed by atoms with Gasteiger partial charge in [0.25, 0.3) is 0 Å². The first-order chi connectivity index (χ1) is 6.98. The second-order valence-electron chi connectivity index (χ2n) is 7.19. The Balaban J connectivity index is 3.08. The Labute approximate surface area is 99.6 Å². The highest BCUT2D eigenvalue weighted by Gasteiger charge is 2.42. The molecule has 0 bridgehead atoms. The molecule has 0 heterocycles. The molecule has 16 heavy (non-hydrogen) atoms. The standard InChI is InChI=1S/C15H25F/c1-13(2,3)11-8-9-15(7,12(16)10-11)14(4,5)6/h8,10H,9H2,1-7H3. The van der Waals surface area contributed by atoms with Gasteiger partial charge in [-0.1, -0.05) is 54.5 Å². The van der Waals surface area contributed by atoms with Crippen LogP contribution in [-0.2, 0) is 0 Å². The van der Waals surface area contributed by atoms with Crippen molar-refractivity contribution in [3.63, 3.8) is 0 Å². The lowest BCUT2D eigenvalue weighted by Gasteiger charge is -2.43. The van der Waals surface area contributed by atoms with E-state index < -0.39 is 0 Å². The zero-order chi connectivity index (χ0) is 12.8. The number of halogens is 1. The third-order valence-corrected chi connectivity index (χ3v) is 4.06. The van der Waals surface area contributed by atoms with Gasteiger partial charge in [-0.25, -0.2) is 4.39 Å². The molecule has 0 fully saturated rings. The molecular formula is C15H25F. The van der Waals surface area contributed by atoms with Crippen LogP contribution in [0.1, 0.15) is 54.9 Å². The maximum atomic E-state index is 14.3. The van der Waals surface area contributed by atoms with Crippen LogP contribution in [0.2, 0.25) is 0 Å². The second kappa shape index (κ2) is 3.72. The van der Waals surface area contributed by atoms with Crippen molar-refractivity contribution >= 4 is 0 Å². The predicted molar refractivity (Wildman–Crippen MR) is 68.9 cm³/mol. The highest BCUT2D eigenvalue weighted by molar-refractivity contribution is 5.34. The molecule has 0 spiro atoms. The van der Waals surface area contributed by atoms with Gasteiger partial charge in [-0.05, 0) is 28.9 Å². The van der Waals surface area contributed by atoms with Gasteiger partial charge in [0.2, 0.25) is 0 Å². The fourth-order valence-corrected chi connectivity index (χ4v) is 1.95. The molecule has 1 atom stereocenters. The van der Waals surface area contributed by atoms with Gasteiger partial charge in [0.1, 0.15) is 5.83 Å². The van der Waals surface area contributed by atoms with Crippen LogP contribution in [0.4, 0.5) is 4.39 Å². The molecule has 0 N–H and O–H groups in total. The molecule has 0 aromatic rings. The summed E-state index contributed by atoms with van der Waals surface area (Å²) in [5, 5.41) is 0. The van der Waals surface area contributed by atoms with E-state index in [1.807, 2.05) is 6.92 Å². The van der Waals surface area contributed by atoms with E-state index in [9.17, 15) is 4.39 Å². The summed E-state index contributed by atoms with van der Waals surface area (Å²) < 4.78 is 14.3. The lowest BCUT2D eigenvalue weighted by Crippen LogP contribution is -2.35. The minimum absolute atomic E-state index is 0.0347. The fraction of sp³-hybridized carbons (Fsp3) is 0.733. The molecule has 92 valence electrons. The fourth-order valence-electron chi connectivity index (χ4n) is 1.95. The highest BCUT2D eigenvalue weighted by Crippen LogP contribution is 2.51. The van der Waals surface area contributed by atoms with Gasteiger partial charge in [-0.15, -0.1) is 0 Å². The normalized spacial score (nSPS) is 27.5. The van der Waals surface area contributed by atoms with Crippen molar-refractivity contribution in [3.8, 4) is 0 Å². The van der Waals surface area contributed by atoms with Crippen molar-refractivity contribution in [2.45, 2.75) is 54.9 Å². The average molecular weight is 224 g/mol. The zero-order valence-corrected chi connectivity index (χ0v) is 11.7. The molecule has 0 nitrogen and oxygen atoms in total. The Morgan fingerprint density at radius 2 is 1.62 bits per heavy atom. The summed E-state index contributed by atoms with van der Waals surface area (Å²) in [4.78, 5) is 0. The SMILES string of the molecule is CC(C)(C)C1=CCC(C)(C(C)(C)C)C(F)=C1. The van der Waals surface area contributed by atoms with Crippen LogP contribution in [0.25, 0.3) is 0 Å². The summed E-state index contributed by atoms with van der Waals surface area (Å²) in [6.45, 7) is 14.7. The second-order valence-corrected chi connectivity index (χ2v) is 7.19. The van der Waals surface area contributed by atoms with Crippen LogP contribution < -0.4 is 0 Å². The Morgan fingerprint density at radius 1 is 1.12 bits per heavy atom. The maximum Gasteiger partial charge on any atom is 0.107 e. The minimum atomic E-state index is -0.359. The van der Waals surface area contributed by atoms with Crippen molar-refractivity contribution < 1.29 is 4.39 Å². The molecule has 1 aliphatic carbocycles.